The topological polar surface area (TPSA) is 68.3 Å². The molecule has 0 spiro atoms. The number of carbonyl (C=O) groups is 1. The molecule has 1 saturated heterocycles. The highest BCUT2D eigenvalue weighted by atomic mass is 35.5. The van der Waals surface area contributed by atoms with Gasteiger partial charge in [0.05, 0.1) is 30.1 Å². The Morgan fingerprint density at radius 3 is 2.77 bits per heavy atom. The summed E-state index contributed by atoms with van der Waals surface area (Å²) in [5, 5.41) is 0.613. The van der Waals surface area contributed by atoms with E-state index in [9.17, 15) is 9.00 Å². The number of hydrogen-bond donors (Lipinski definition) is 0. The summed E-state index contributed by atoms with van der Waals surface area (Å²) in [7, 11) is 1.69. The number of fused-ring (bicyclic) bond motifs is 1. The van der Waals surface area contributed by atoms with Gasteiger partial charge in [0.2, 0.25) is 0 Å². The summed E-state index contributed by atoms with van der Waals surface area (Å²) in [6.07, 6.45) is 4.37. The van der Waals surface area contributed by atoms with E-state index in [1.165, 1.54) is 13.4 Å². The lowest BCUT2D eigenvalue weighted by atomic mass is 10.0. The number of cyclic esters (lactones) is 1. The maximum Gasteiger partial charge on any atom is 0.414 e. The molecule has 9 heteroatoms. The van der Waals surface area contributed by atoms with Crippen LogP contribution in [-0.2, 0) is 31.8 Å². The third kappa shape index (κ3) is 4.88. The van der Waals surface area contributed by atoms with Crippen molar-refractivity contribution in [3.05, 3.63) is 52.6 Å². The molecule has 3 rings (SSSR count). The first-order valence-corrected chi connectivity index (χ1v) is 11.3. The molecule has 1 aromatic carbocycles. The number of hydrogen-bond acceptors (Lipinski definition) is 5. The maximum atomic E-state index is 13.2. The average molecular weight is 455 g/mol. The van der Waals surface area contributed by atoms with Crippen molar-refractivity contribution in [2.45, 2.75) is 38.0 Å². The summed E-state index contributed by atoms with van der Waals surface area (Å²) in [4.78, 5) is 14.8. The maximum absolute atomic E-state index is 13.2. The molecule has 30 heavy (non-hydrogen) atoms. The molecule has 2 unspecified atom stereocenters. The van der Waals surface area contributed by atoms with Crippen molar-refractivity contribution in [1.29, 1.82) is 0 Å². The summed E-state index contributed by atoms with van der Waals surface area (Å²) in [5.41, 5.74) is 1.73. The molecule has 0 saturated carbocycles. The zero-order chi connectivity index (χ0) is 21.7. The van der Waals surface area contributed by atoms with Crippen molar-refractivity contribution in [1.82, 2.24) is 4.31 Å². The van der Waals surface area contributed by atoms with Gasteiger partial charge in [0, 0.05) is 36.8 Å². The molecule has 0 aromatic heterocycles. The minimum Gasteiger partial charge on any atom is -0.503 e. The number of benzene rings is 1. The molecule has 2 aliphatic rings. The van der Waals surface area contributed by atoms with E-state index in [0.29, 0.717) is 42.3 Å². The molecule has 164 valence electrons. The predicted octanol–water partition coefficient (Wildman–Crippen LogP) is 4.00. The van der Waals surface area contributed by atoms with Gasteiger partial charge in [-0.2, -0.15) is 0 Å². The summed E-state index contributed by atoms with van der Waals surface area (Å²) in [6.45, 7) is 5.09. The largest absolute Gasteiger partial charge is 0.503 e. The van der Waals surface area contributed by atoms with E-state index < -0.39 is 11.0 Å². The van der Waals surface area contributed by atoms with E-state index in [4.69, 9.17) is 25.8 Å². The highest BCUT2D eigenvalue weighted by Gasteiger charge is 2.36. The Morgan fingerprint density at radius 1 is 1.40 bits per heavy atom. The van der Waals surface area contributed by atoms with Crippen LogP contribution in [0.15, 0.2) is 42.0 Å². The molecule has 7 nitrogen and oxygen atoms in total. The number of carbonyl (C=O) groups excluding carboxylic acids is 1. The van der Waals surface area contributed by atoms with Crippen LogP contribution in [0.25, 0.3) is 0 Å². The van der Waals surface area contributed by atoms with Crippen LogP contribution in [0.1, 0.15) is 24.8 Å². The van der Waals surface area contributed by atoms with E-state index in [1.807, 2.05) is 16.4 Å². The van der Waals surface area contributed by atoms with Gasteiger partial charge in [0.1, 0.15) is 17.6 Å². The zero-order valence-electron chi connectivity index (χ0n) is 17.2. The number of rotatable bonds is 8. The Balaban J connectivity index is 1.71. The van der Waals surface area contributed by atoms with E-state index in [2.05, 4.69) is 6.58 Å². The van der Waals surface area contributed by atoms with E-state index in [1.54, 1.807) is 24.2 Å². The quantitative estimate of drug-likeness (QED) is 0.438. The van der Waals surface area contributed by atoms with Crippen LogP contribution in [0.3, 0.4) is 0 Å². The monoisotopic (exact) mass is 454 g/mol. The lowest BCUT2D eigenvalue weighted by Gasteiger charge is -2.40. The second-order valence-electron chi connectivity index (χ2n) is 7.11. The number of ether oxygens (including phenoxy) is 3. The summed E-state index contributed by atoms with van der Waals surface area (Å²) < 4.78 is 31.1. The van der Waals surface area contributed by atoms with Crippen LogP contribution in [0.5, 0.6) is 0 Å². The Morgan fingerprint density at radius 2 is 2.13 bits per heavy atom. The number of halogens is 1. The smallest absolute Gasteiger partial charge is 0.414 e. The van der Waals surface area contributed by atoms with Gasteiger partial charge >= 0.3 is 6.09 Å². The van der Waals surface area contributed by atoms with Gasteiger partial charge in [-0.15, -0.1) is 6.58 Å². The lowest BCUT2D eigenvalue weighted by Crippen LogP contribution is -2.50. The van der Waals surface area contributed by atoms with E-state index in [-0.39, 0.29) is 24.8 Å². The fourth-order valence-corrected chi connectivity index (χ4v) is 5.43. The van der Waals surface area contributed by atoms with Crippen molar-refractivity contribution < 1.29 is 23.2 Å². The lowest BCUT2D eigenvalue weighted by molar-refractivity contribution is 0.134. The molecule has 2 aliphatic heterocycles. The summed E-state index contributed by atoms with van der Waals surface area (Å²) in [6, 6.07) is 5.43. The number of nitrogens with zero attached hydrogens (tertiary/aromatic N) is 2. The molecule has 0 N–H and O–H groups in total. The van der Waals surface area contributed by atoms with Crippen LogP contribution < -0.4 is 4.90 Å². The first kappa shape index (κ1) is 22.8. The van der Waals surface area contributed by atoms with Gasteiger partial charge in [0.15, 0.2) is 0 Å². The van der Waals surface area contributed by atoms with Gasteiger partial charge in [-0.1, -0.05) is 17.7 Å². The Bertz CT molecular complexity index is 839. The molecule has 0 radical (unpaired) electrons. The standard InChI is InChI=1S/C21H27ClN2O5S/c1-4-5-19(28-3)20(14-27-2)30(26)23-10-8-17(9-11-23)24-18-7-6-16(22)12-15(18)13-29-21(24)25/h4,6-7,12,14,17,19H,1,5,8-11,13H2,2-3H3/b20-14-. The second-order valence-corrected chi connectivity index (χ2v) is 9.03. The normalized spacial score (nSPS) is 20.3. The minimum absolute atomic E-state index is 0.0350. The minimum atomic E-state index is -1.41. The SMILES string of the molecule is C=CCC(OC)/C(=C/OC)S(=O)N1CCC(N2C(=O)OCc3cc(Cl)ccc32)CC1. The number of anilines is 1. The Kier molecular flexibility index (Phi) is 7.93. The Labute approximate surface area is 184 Å². The van der Waals surface area contributed by atoms with E-state index in [0.717, 1.165) is 11.3 Å². The molecule has 0 bridgehead atoms. The Hall–Kier alpha value is -1.87. The van der Waals surface area contributed by atoms with Gasteiger partial charge in [-0.3, -0.25) is 4.90 Å². The third-order valence-corrected chi connectivity index (χ3v) is 7.12. The number of methoxy groups -OCH3 is 2. The van der Waals surface area contributed by atoms with E-state index >= 15 is 0 Å². The van der Waals surface area contributed by atoms with Crippen molar-refractivity contribution >= 4 is 34.4 Å². The third-order valence-electron chi connectivity index (χ3n) is 5.29. The van der Waals surface area contributed by atoms with Crippen molar-refractivity contribution in [3.63, 3.8) is 0 Å². The van der Waals surface area contributed by atoms with Crippen LogP contribution in [0.2, 0.25) is 5.02 Å². The molecule has 1 aromatic rings. The molecular formula is C21H27ClN2O5S. The van der Waals surface area contributed by atoms with Gasteiger partial charge in [0.25, 0.3) is 0 Å². The average Bonchev–Trinajstić information content (AvgIpc) is 2.76. The first-order valence-electron chi connectivity index (χ1n) is 9.78. The molecule has 1 amide bonds. The van der Waals surface area contributed by atoms with Crippen molar-refractivity contribution in [2.24, 2.45) is 0 Å². The predicted molar refractivity (Wildman–Crippen MR) is 118 cm³/mol. The fourth-order valence-electron chi connectivity index (χ4n) is 3.80. The number of amides is 1. The van der Waals surface area contributed by atoms with Gasteiger partial charge in [-0.25, -0.2) is 13.3 Å². The van der Waals surface area contributed by atoms with Crippen LogP contribution >= 0.6 is 11.6 Å². The van der Waals surface area contributed by atoms with Crippen LogP contribution in [0.4, 0.5) is 10.5 Å². The van der Waals surface area contributed by atoms with Gasteiger partial charge < -0.3 is 14.2 Å². The van der Waals surface area contributed by atoms with Crippen LogP contribution in [-0.4, -0.2) is 54.1 Å². The van der Waals surface area contributed by atoms with Crippen molar-refractivity contribution in [3.8, 4) is 0 Å². The highest BCUT2D eigenvalue weighted by Crippen LogP contribution is 2.34. The summed E-state index contributed by atoms with van der Waals surface area (Å²) >= 11 is 6.08. The summed E-state index contributed by atoms with van der Waals surface area (Å²) in [5.74, 6) is 0. The highest BCUT2D eigenvalue weighted by molar-refractivity contribution is 7.86. The zero-order valence-corrected chi connectivity index (χ0v) is 18.8. The molecule has 0 aliphatic carbocycles. The molecule has 1 fully saturated rings. The van der Waals surface area contributed by atoms with Gasteiger partial charge in [-0.05, 0) is 37.5 Å². The van der Waals surface area contributed by atoms with Crippen molar-refractivity contribution in [2.75, 3.05) is 32.2 Å². The fraction of sp³-hybridized carbons (Fsp3) is 0.476. The first-order chi connectivity index (χ1) is 14.5. The second kappa shape index (κ2) is 10.4. The number of piperidine rings is 1. The molecular weight excluding hydrogens is 428 g/mol. The molecule has 2 heterocycles. The molecule has 2 atom stereocenters. The van der Waals surface area contributed by atoms with Crippen LogP contribution in [0, 0.1) is 0 Å².